The van der Waals surface area contributed by atoms with Crippen molar-refractivity contribution in [2.75, 3.05) is 59.3 Å². The molecule has 0 aliphatic rings. The Morgan fingerprint density at radius 3 is 0.946 bits per heavy atom. The van der Waals surface area contributed by atoms with E-state index in [1.54, 1.807) is 0 Å². The highest BCUT2D eigenvalue weighted by Crippen LogP contribution is 2.24. The molecule has 0 heterocycles. The third-order valence-corrected chi connectivity index (χ3v) is 3.99. The standard InChI is InChI=1S/C6H12N4O9.C6H11N3O9/c11-8(12)17-4-1-7(2-5-18-9(13)14)3-6-19-10(15)16;1-2-6(3-16-7(10)11,4-17-8(12)13)5-18-9(14)15/h1-6H2;2-5H2,1H3. The Morgan fingerprint density at radius 1 is 0.514 bits per heavy atom. The Morgan fingerprint density at radius 2 is 0.757 bits per heavy atom. The molecule has 0 unspecified atom stereocenters. The van der Waals surface area contributed by atoms with Crippen molar-refractivity contribution in [3.8, 4) is 0 Å². The molecule has 0 fully saturated rings. The Bertz CT molecular complexity index is 659. The molecular formula is C12H23N7O18. The van der Waals surface area contributed by atoms with Crippen LogP contribution in [0.3, 0.4) is 0 Å². The van der Waals surface area contributed by atoms with Crippen LogP contribution >= 0.6 is 0 Å². The molecule has 0 bridgehead atoms. The van der Waals surface area contributed by atoms with Crippen molar-refractivity contribution in [1.29, 1.82) is 0 Å². The van der Waals surface area contributed by atoms with Crippen LogP contribution < -0.4 is 0 Å². The Hall–Kier alpha value is -4.84. The van der Waals surface area contributed by atoms with Crippen LogP contribution in [0.2, 0.25) is 0 Å². The zero-order valence-electron chi connectivity index (χ0n) is 19.1. The topological polar surface area (TPSA) is 317 Å². The zero-order valence-corrected chi connectivity index (χ0v) is 19.1. The highest BCUT2D eigenvalue weighted by Gasteiger charge is 2.33. The van der Waals surface area contributed by atoms with Gasteiger partial charge in [-0.2, -0.15) is 0 Å². The summed E-state index contributed by atoms with van der Waals surface area (Å²) in [6.07, 6.45) is 0.0858. The Balaban J connectivity index is 0. The quantitative estimate of drug-likeness (QED) is 0.114. The number of hydrogen-bond donors (Lipinski definition) is 0. The van der Waals surface area contributed by atoms with Gasteiger partial charge in [-0.05, 0) is 6.42 Å². The summed E-state index contributed by atoms with van der Waals surface area (Å²) in [4.78, 5) is 85.8. The molecule has 25 nitrogen and oxygen atoms in total. The minimum Gasteiger partial charge on any atom is -0.313 e. The second-order valence-corrected chi connectivity index (χ2v) is 6.36. The fraction of sp³-hybridized carbons (Fsp3) is 1.00. The molecule has 0 aliphatic heterocycles. The molecule has 25 heteroatoms. The minimum absolute atomic E-state index is 0.0448. The van der Waals surface area contributed by atoms with E-state index < -0.39 is 55.8 Å². The molecular weight excluding hydrogens is 530 g/mol. The molecule has 0 saturated heterocycles. The smallest absolute Gasteiger partial charge is 0.294 e. The lowest BCUT2D eigenvalue weighted by molar-refractivity contribution is -0.782. The van der Waals surface area contributed by atoms with Gasteiger partial charge in [0.1, 0.15) is 39.6 Å². The molecule has 0 aromatic heterocycles. The first-order valence-corrected chi connectivity index (χ1v) is 9.59. The second-order valence-electron chi connectivity index (χ2n) is 6.36. The summed E-state index contributed by atoms with van der Waals surface area (Å²) in [6, 6.07) is 0. The van der Waals surface area contributed by atoms with Crippen LogP contribution in [-0.2, 0) is 29.0 Å². The molecule has 0 rings (SSSR count). The molecule has 0 aromatic rings. The van der Waals surface area contributed by atoms with E-state index >= 15 is 0 Å². The Kier molecular flexibility index (Phi) is 18.1. The second kappa shape index (κ2) is 19.5. The zero-order chi connectivity index (χ0) is 28.9. The first kappa shape index (κ1) is 34.3. The van der Waals surface area contributed by atoms with Gasteiger partial charge in [0, 0.05) is 25.0 Å². The molecule has 0 spiro atoms. The predicted molar refractivity (Wildman–Crippen MR) is 107 cm³/mol. The van der Waals surface area contributed by atoms with Crippen molar-refractivity contribution in [2.45, 2.75) is 13.3 Å². The van der Waals surface area contributed by atoms with Crippen molar-refractivity contribution in [3.63, 3.8) is 0 Å². The van der Waals surface area contributed by atoms with Crippen molar-refractivity contribution in [1.82, 2.24) is 4.90 Å². The summed E-state index contributed by atoms with van der Waals surface area (Å²) in [5.74, 6) is 0. The van der Waals surface area contributed by atoms with Gasteiger partial charge in [0.2, 0.25) is 0 Å². The minimum atomic E-state index is -1.35. The first-order chi connectivity index (χ1) is 17.2. The molecule has 0 radical (unpaired) electrons. The van der Waals surface area contributed by atoms with E-state index in [0.717, 1.165) is 0 Å². The van der Waals surface area contributed by atoms with Crippen LogP contribution in [0.5, 0.6) is 0 Å². The van der Waals surface area contributed by atoms with E-state index in [2.05, 4.69) is 29.0 Å². The lowest BCUT2D eigenvalue weighted by atomic mass is 9.88. The van der Waals surface area contributed by atoms with Gasteiger partial charge >= 0.3 is 0 Å². The van der Waals surface area contributed by atoms with E-state index in [0.29, 0.717) is 0 Å². The fourth-order valence-corrected chi connectivity index (χ4v) is 2.07. The van der Waals surface area contributed by atoms with E-state index in [4.69, 9.17) is 0 Å². The van der Waals surface area contributed by atoms with Gasteiger partial charge in [-0.15, -0.1) is 60.7 Å². The summed E-state index contributed by atoms with van der Waals surface area (Å²) in [5.41, 5.74) is -1.35. The summed E-state index contributed by atoms with van der Waals surface area (Å²) in [7, 11) is 0. The van der Waals surface area contributed by atoms with Crippen LogP contribution in [0.25, 0.3) is 0 Å². The van der Waals surface area contributed by atoms with Gasteiger partial charge < -0.3 is 29.0 Å². The molecule has 37 heavy (non-hydrogen) atoms. The van der Waals surface area contributed by atoms with Crippen molar-refractivity contribution in [2.24, 2.45) is 5.41 Å². The van der Waals surface area contributed by atoms with E-state index in [1.165, 1.54) is 11.8 Å². The summed E-state index contributed by atoms with van der Waals surface area (Å²) in [5, 5.41) is 53.7. The van der Waals surface area contributed by atoms with E-state index in [1.807, 2.05) is 0 Å². The normalized spacial score (nSPS) is 10.2. The summed E-state index contributed by atoms with van der Waals surface area (Å²) < 4.78 is 0. The van der Waals surface area contributed by atoms with Gasteiger partial charge in [0.05, 0.1) is 0 Å². The number of rotatable bonds is 22. The maximum absolute atomic E-state index is 10.1. The summed E-state index contributed by atoms with van der Waals surface area (Å²) in [6.45, 7) is -1.02. The van der Waals surface area contributed by atoms with Gasteiger partial charge in [-0.25, -0.2) is 0 Å². The largest absolute Gasteiger partial charge is 0.313 e. The monoisotopic (exact) mass is 553 g/mol. The van der Waals surface area contributed by atoms with Gasteiger partial charge in [-0.3, -0.25) is 4.90 Å². The number of hydrogen-bond acceptors (Lipinski definition) is 19. The Labute approximate surface area is 204 Å². The molecule has 0 amide bonds. The highest BCUT2D eigenvalue weighted by molar-refractivity contribution is 4.76. The first-order valence-electron chi connectivity index (χ1n) is 9.59. The lowest BCUT2D eigenvalue weighted by Crippen LogP contribution is -2.38. The summed E-state index contributed by atoms with van der Waals surface area (Å²) >= 11 is 0. The van der Waals surface area contributed by atoms with E-state index in [-0.39, 0.29) is 45.9 Å². The predicted octanol–water partition coefficient (Wildman–Crippen LogP) is -1.08. The van der Waals surface area contributed by atoms with Gasteiger partial charge in [-0.1, -0.05) is 6.92 Å². The maximum Gasteiger partial charge on any atom is 0.294 e. The molecule has 0 aromatic carbocycles. The van der Waals surface area contributed by atoms with Crippen molar-refractivity contribution >= 4 is 0 Å². The molecule has 0 aliphatic carbocycles. The molecule has 0 atom stereocenters. The van der Waals surface area contributed by atoms with E-state index in [9.17, 15) is 60.7 Å². The molecule has 0 N–H and O–H groups in total. The van der Waals surface area contributed by atoms with Gasteiger partial charge in [0.25, 0.3) is 30.5 Å². The highest BCUT2D eigenvalue weighted by atomic mass is 17.0. The van der Waals surface area contributed by atoms with Gasteiger partial charge in [0.15, 0.2) is 0 Å². The third-order valence-electron chi connectivity index (χ3n) is 3.99. The molecule has 214 valence electrons. The van der Waals surface area contributed by atoms with Crippen molar-refractivity contribution < 1.29 is 59.5 Å². The van der Waals surface area contributed by atoms with Crippen LogP contribution in [0.4, 0.5) is 0 Å². The average Bonchev–Trinajstić information content (AvgIpc) is 2.78. The van der Waals surface area contributed by atoms with Crippen LogP contribution in [0, 0.1) is 66.1 Å². The van der Waals surface area contributed by atoms with Crippen LogP contribution in [0.1, 0.15) is 13.3 Å². The van der Waals surface area contributed by atoms with Crippen LogP contribution in [-0.4, -0.2) is 94.7 Å². The number of nitrogens with zero attached hydrogens (tertiary/aromatic N) is 7. The lowest BCUT2D eigenvalue weighted by Gasteiger charge is -2.28. The molecule has 0 saturated carbocycles. The maximum atomic E-state index is 10.1. The fourth-order valence-electron chi connectivity index (χ4n) is 2.07. The van der Waals surface area contributed by atoms with Crippen molar-refractivity contribution in [3.05, 3.63) is 60.7 Å². The average molecular weight is 553 g/mol. The van der Waals surface area contributed by atoms with Crippen LogP contribution in [0.15, 0.2) is 0 Å². The SMILES string of the molecule is CCC(CO[N+](=O)[O-])(CO[N+](=O)[O-])CO[N+](=O)[O-].O=[N+]([O-])OCCN(CCO[N+](=O)[O-])CCO[N+](=O)[O-]. The third kappa shape index (κ3) is 22.7.